The number of likely N-dealkylation sites (tertiary alicyclic amines) is 1. The lowest BCUT2D eigenvalue weighted by Crippen LogP contribution is -2.28. The van der Waals surface area contributed by atoms with Gasteiger partial charge in [-0.25, -0.2) is 0 Å². The molecule has 1 N–H and O–H groups in total. The van der Waals surface area contributed by atoms with Crippen LogP contribution in [0.15, 0.2) is 34.9 Å². The van der Waals surface area contributed by atoms with E-state index in [1.807, 2.05) is 31.2 Å². The van der Waals surface area contributed by atoms with Crippen molar-refractivity contribution < 1.29 is 9.63 Å². The second kappa shape index (κ2) is 6.31. The molecular formula is C17H22N2O2. The van der Waals surface area contributed by atoms with Crippen molar-refractivity contribution in [2.24, 2.45) is 0 Å². The molecule has 0 bridgehead atoms. The van der Waals surface area contributed by atoms with Gasteiger partial charge < -0.3 is 9.63 Å². The third-order valence-corrected chi connectivity index (χ3v) is 4.22. The Bertz CT molecular complexity index is 594. The molecule has 2 heterocycles. The van der Waals surface area contributed by atoms with Crippen LogP contribution in [0.2, 0.25) is 0 Å². The van der Waals surface area contributed by atoms with Crippen molar-refractivity contribution in [3.63, 3.8) is 0 Å². The highest BCUT2D eigenvalue weighted by Crippen LogP contribution is 2.32. The molecule has 0 spiro atoms. The lowest BCUT2D eigenvalue weighted by Gasteiger charge is -2.28. The molecule has 1 atom stereocenters. The van der Waals surface area contributed by atoms with Crippen LogP contribution in [0.3, 0.4) is 0 Å². The maximum atomic E-state index is 10.0. The Morgan fingerprint density at radius 2 is 2.14 bits per heavy atom. The minimum Gasteiger partial charge on any atom is -0.508 e. The fourth-order valence-electron chi connectivity index (χ4n) is 3.10. The van der Waals surface area contributed by atoms with Crippen LogP contribution in [0, 0.1) is 6.92 Å². The summed E-state index contributed by atoms with van der Waals surface area (Å²) in [5.41, 5.74) is 1.99. The number of nitrogens with zero attached hydrogens (tertiary/aromatic N) is 2. The van der Waals surface area contributed by atoms with Gasteiger partial charge in [-0.1, -0.05) is 36.2 Å². The molecule has 3 rings (SSSR count). The molecule has 4 heteroatoms. The summed E-state index contributed by atoms with van der Waals surface area (Å²) in [6.07, 6.45) is 4.76. The number of phenols is 1. The van der Waals surface area contributed by atoms with E-state index in [4.69, 9.17) is 4.52 Å². The molecule has 1 aliphatic heterocycles. The van der Waals surface area contributed by atoms with Gasteiger partial charge in [0.15, 0.2) is 0 Å². The molecule has 1 saturated heterocycles. The molecule has 2 aromatic rings. The van der Waals surface area contributed by atoms with E-state index in [1.165, 1.54) is 19.3 Å². The zero-order valence-electron chi connectivity index (χ0n) is 12.5. The van der Waals surface area contributed by atoms with Crippen LogP contribution in [-0.2, 0) is 6.54 Å². The van der Waals surface area contributed by atoms with Crippen molar-refractivity contribution in [2.45, 2.75) is 45.2 Å². The van der Waals surface area contributed by atoms with Crippen LogP contribution >= 0.6 is 0 Å². The van der Waals surface area contributed by atoms with Crippen LogP contribution in [-0.4, -0.2) is 21.7 Å². The minimum absolute atomic E-state index is 0.282. The normalized spacial score (nSPS) is 20.3. The first-order valence-corrected chi connectivity index (χ1v) is 7.68. The number of hydrogen-bond acceptors (Lipinski definition) is 4. The average Bonchev–Trinajstić information content (AvgIpc) is 2.77. The number of para-hydroxylation sites is 1. The van der Waals surface area contributed by atoms with Gasteiger partial charge in [0.1, 0.15) is 17.2 Å². The summed E-state index contributed by atoms with van der Waals surface area (Å²) >= 11 is 0. The van der Waals surface area contributed by atoms with Gasteiger partial charge in [0.25, 0.3) is 0 Å². The van der Waals surface area contributed by atoms with Gasteiger partial charge >= 0.3 is 0 Å². The Morgan fingerprint density at radius 3 is 2.90 bits per heavy atom. The van der Waals surface area contributed by atoms with Gasteiger partial charge in [-0.05, 0) is 32.4 Å². The van der Waals surface area contributed by atoms with Crippen molar-refractivity contribution in [3.05, 3.63) is 47.3 Å². The van der Waals surface area contributed by atoms with E-state index in [0.717, 1.165) is 36.5 Å². The summed E-state index contributed by atoms with van der Waals surface area (Å²) in [6.45, 7) is 3.72. The predicted molar refractivity (Wildman–Crippen MR) is 81.0 cm³/mol. The Balaban J connectivity index is 1.84. The Hall–Kier alpha value is -1.81. The predicted octanol–water partition coefficient (Wildman–Crippen LogP) is 3.81. The Labute approximate surface area is 125 Å². The van der Waals surface area contributed by atoms with Crippen LogP contribution in [0.1, 0.15) is 48.7 Å². The third-order valence-electron chi connectivity index (χ3n) is 4.22. The van der Waals surface area contributed by atoms with Gasteiger partial charge in [-0.15, -0.1) is 0 Å². The van der Waals surface area contributed by atoms with E-state index in [2.05, 4.69) is 10.1 Å². The van der Waals surface area contributed by atoms with Crippen LogP contribution < -0.4 is 0 Å². The van der Waals surface area contributed by atoms with Crippen molar-refractivity contribution in [2.75, 3.05) is 6.54 Å². The monoisotopic (exact) mass is 286 g/mol. The van der Waals surface area contributed by atoms with Crippen LogP contribution in [0.4, 0.5) is 0 Å². The molecule has 0 aliphatic carbocycles. The summed E-state index contributed by atoms with van der Waals surface area (Å²) in [6, 6.07) is 9.90. The number of aromatic nitrogens is 1. The SMILES string of the molecule is Cc1cc([C@@H]2CCCCCN2Cc2ccccc2O)no1. The fraction of sp³-hybridized carbons (Fsp3) is 0.471. The molecule has 0 saturated carbocycles. The zero-order valence-corrected chi connectivity index (χ0v) is 12.5. The highest BCUT2D eigenvalue weighted by molar-refractivity contribution is 5.31. The Morgan fingerprint density at radius 1 is 1.29 bits per heavy atom. The van der Waals surface area contributed by atoms with Crippen molar-refractivity contribution in [1.29, 1.82) is 0 Å². The fourth-order valence-corrected chi connectivity index (χ4v) is 3.10. The largest absolute Gasteiger partial charge is 0.508 e. The highest BCUT2D eigenvalue weighted by Gasteiger charge is 2.25. The van der Waals surface area contributed by atoms with E-state index >= 15 is 0 Å². The quantitative estimate of drug-likeness (QED) is 0.932. The number of phenolic OH excluding ortho intramolecular Hbond substituents is 1. The molecular weight excluding hydrogens is 264 g/mol. The first-order chi connectivity index (χ1) is 10.2. The Kier molecular flexibility index (Phi) is 4.25. The first-order valence-electron chi connectivity index (χ1n) is 7.68. The lowest BCUT2D eigenvalue weighted by atomic mass is 10.1. The van der Waals surface area contributed by atoms with Crippen molar-refractivity contribution in [1.82, 2.24) is 10.1 Å². The molecule has 21 heavy (non-hydrogen) atoms. The molecule has 1 aromatic heterocycles. The molecule has 112 valence electrons. The molecule has 4 nitrogen and oxygen atoms in total. The number of rotatable bonds is 3. The van der Waals surface area contributed by atoms with Gasteiger partial charge in [-0.3, -0.25) is 4.90 Å². The van der Waals surface area contributed by atoms with E-state index in [0.29, 0.717) is 5.75 Å². The third kappa shape index (κ3) is 3.27. The van der Waals surface area contributed by atoms with Gasteiger partial charge in [-0.2, -0.15) is 0 Å². The van der Waals surface area contributed by atoms with Crippen molar-refractivity contribution >= 4 is 0 Å². The molecule has 1 fully saturated rings. The molecule has 0 amide bonds. The summed E-state index contributed by atoms with van der Waals surface area (Å²) in [5.74, 6) is 1.23. The van der Waals surface area contributed by atoms with E-state index in [-0.39, 0.29) is 6.04 Å². The summed E-state index contributed by atoms with van der Waals surface area (Å²) < 4.78 is 5.25. The molecule has 1 aliphatic rings. The minimum atomic E-state index is 0.282. The maximum absolute atomic E-state index is 10.0. The summed E-state index contributed by atoms with van der Waals surface area (Å²) in [7, 11) is 0. The van der Waals surface area contributed by atoms with Gasteiger partial charge in [0.05, 0.1) is 6.04 Å². The number of aromatic hydroxyl groups is 1. The lowest BCUT2D eigenvalue weighted by molar-refractivity contribution is 0.182. The molecule has 0 radical (unpaired) electrons. The number of aryl methyl sites for hydroxylation is 1. The maximum Gasteiger partial charge on any atom is 0.133 e. The van der Waals surface area contributed by atoms with Crippen molar-refractivity contribution in [3.8, 4) is 5.75 Å². The van der Waals surface area contributed by atoms with E-state index in [9.17, 15) is 5.11 Å². The van der Waals surface area contributed by atoms with Crippen LogP contribution in [0.25, 0.3) is 0 Å². The second-order valence-electron chi connectivity index (χ2n) is 5.83. The number of benzene rings is 1. The topological polar surface area (TPSA) is 49.5 Å². The van der Waals surface area contributed by atoms with Crippen LogP contribution in [0.5, 0.6) is 5.75 Å². The molecule has 1 aromatic carbocycles. The highest BCUT2D eigenvalue weighted by atomic mass is 16.5. The smallest absolute Gasteiger partial charge is 0.133 e. The summed E-state index contributed by atoms with van der Waals surface area (Å²) in [5, 5.41) is 14.2. The average molecular weight is 286 g/mol. The summed E-state index contributed by atoms with van der Waals surface area (Å²) in [4.78, 5) is 2.42. The molecule has 0 unspecified atom stereocenters. The zero-order chi connectivity index (χ0) is 14.7. The standard InChI is InChI=1S/C17H22N2O2/c1-13-11-15(18-21-13)16-8-3-2-6-10-19(16)12-14-7-4-5-9-17(14)20/h4-5,7,9,11,16,20H,2-3,6,8,10,12H2,1H3/t16-/m0/s1. The first kappa shape index (κ1) is 14.1. The van der Waals surface area contributed by atoms with E-state index in [1.54, 1.807) is 6.07 Å². The van der Waals surface area contributed by atoms with Gasteiger partial charge in [0.2, 0.25) is 0 Å². The van der Waals surface area contributed by atoms with E-state index < -0.39 is 0 Å². The number of hydrogen-bond donors (Lipinski definition) is 1. The second-order valence-corrected chi connectivity index (χ2v) is 5.83. The van der Waals surface area contributed by atoms with Gasteiger partial charge in [0, 0.05) is 18.2 Å².